The van der Waals surface area contributed by atoms with Crippen LogP contribution in [0, 0.1) is 0 Å². The highest BCUT2D eigenvalue weighted by Crippen LogP contribution is 2.21. The second-order valence-electron chi connectivity index (χ2n) is 5.05. The van der Waals surface area contributed by atoms with Crippen LogP contribution in [0.25, 0.3) is 0 Å². The Labute approximate surface area is 108 Å². The van der Waals surface area contributed by atoms with Crippen LogP contribution in [0.15, 0.2) is 12.4 Å². The van der Waals surface area contributed by atoms with Gasteiger partial charge in [0.15, 0.2) is 0 Å². The van der Waals surface area contributed by atoms with Crippen molar-refractivity contribution in [1.82, 2.24) is 9.80 Å². The summed E-state index contributed by atoms with van der Waals surface area (Å²) in [5.41, 5.74) is 0. The van der Waals surface area contributed by atoms with Gasteiger partial charge in [-0.15, -0.1) is 0 Å². The van der Waals surface area contributed by atoms with Gasteiger partial charge in [0.1, 0.15) is 6.17 Å². The fourth-order valence-electron chi connectivity index (χ4n) is 2.62. The molecule has 0 aliphatic carbocycles. The molecule has 0 amide bonds. The summed E-state index contributed by atoms with van der Waals surface area (Å²) in [5, 5.41) is 0. The summed E-state index contributed by atoms with van der Waals surface area (Å²) in [6.45, 7) is 9.14. The topological polar surface area (TPSA) is 6.48 Å². The van der Waals surface area contributed by atoms with Crippen molar-refractivity contribution >= 4 is 0 Å². The maximum absolute atomic E-state index is 2.52. The highest BCUT2D eigenvalue weighted by atomic mass is 15.4. The molecule has 1 aliphatic rings. The first-order valence-electron chi connectivity index (χ1n) is 7.53. The largest absolute Gasteiger partial charge is 0.356 e. The molecular formula is C15H30N2. The lowest BCUT2D eigenvalue weighted by molar-refractivity contribution is 0.144. The summed E-state index contributed by atoms with van der Waals surface area (Å²) in [5.74, 6) is 0. The molecule has 1 aliphatic heterocycles. The highest BCUT2D eigenvalue weighted by molar-refractivity contribution is 4.96. The van der Waals surface area contributed by atoms with E-state index in [0.717, 1.165) is 6.54 Å². The highest BCUT2D eigenvalue weighted by Gasteiger charge is 2.23. The van der Waals surface area contributed by atoms with Gasteiger partial charge < -0.3 is 9.80 Å². The SMILES string of the molecule is CCCCCCCC1N(CC)C=CN1CCC. The first-order chi connectivity index (χ1) is 8.33. The zero-order valence-electron chi connectivity index (χ0n) is 12.0. The van der Waals surface area contributed by atoms with Crippen molar-refractivity contribution in [3.63, 3.8) is 0 Å². The molecular weight excluding hydrogens is 208 g/mol. The summed E-state index contributed by atoms with van der Waals surface area (Å²) >= 11 is 0. The van der Waals surface area contributed by atoms with Gasteiger partial charge in [-0.2, -0.15) is 0 Å². The number of nitrogens with zero attached hydrogens (tertiary/aromatic N) is 2. The zero-order chi connectivity index (χ0) is 12.5. The molecule has 0 aromatic heterocycles. The van der Waals surface area contributed by atoms with Crippen LogP contribution in [-0.4, -0.2) is 29.1 Å². The van der Waals surface area contributed by atoms with Gasteiger partial charge in [-0.25, -0.2) is 0 Å². The summed E-state index contributed by atoms with van der Waals surface area (Å²) in [7, 11) is 0. The third-order valence-corrected chi connectivity index (χ3v) is 3.63. The van der Waals surface area contributed by atoms with Crippen molar-refractivity contribution in [3.8, 4) is 0 Å². The van der Waals surface area contributed by atoms with E-state index < -0.39 is 0 Å². The predicted octanol–water partition coefficient (Wildman–Crippen LogP) is 4.19. The summed E-state index contributed by atoms with van der Waals surface area (Å²) < 4.78 is 0. The van der Waals surface area contributed by atoms with E-state index in [0.29, 0.717) is 6.17 Å². The molecule has 2 nitrogen and oxygen atoms in total. The maximum Gasteiger partial charge on any atom is 0.101 e. The van der Waals surface area contributed by atoms with E-state index in [1.54, 1.807) is 0 Å². The molecule has 17 heavy (non-hydrogen) atoms. The van der Waals surface area contributed by atoms with Gasteiger partial charge in [0.05, 0.1) is 0 Å². The zero-order valence-corrected chi connectivity index (χ0v) is 12.0. The summed E-state index contributed by atoms with van der Waals surface area (Å²) in [4.78, 5) is 5.00. The lowest BCUT2D eigenvalue weighted by atomic mass is 10.1. The second kappa shape index (κ2) is 8.43. The van der Waals surface area contributed by atoms with Crippen molar-refractivity contribution in [2.24, 2.45) is 0 Å². The Hall–Kier alpha value is -0.660. The van der Waals surface area contributed by atoms with Crippen LogP contribution >= 0.6 is 0 Å². The minimum Gasteiger partial charge on any atom is -0.356 e. The van der Waals surface area contributed by atoms with Gasteiger partial charge in [0, 0.05) is 25.5 Å². The molecule has 0 saturated heterocycles. The van der Waals surface area contributed by atoms with Crippen molar-refractivity contribution < 1.29 is 0 Å². The third-order valence-electron chi connectivity index (χ3n) is 3.63. The van der Waals surface area contributed by atoms with Gasteiger partial charge in [-0.05, 0) is 26.2 Å². The average molecular weight is 238 g/mol. The molecule has 1 heterocycles. The second-order valence-corrected chi connectivity index (χ2v) is 5.05. The molecule has 2 heteroatoms. The maximum atomic E-state index is 2.52. The Balaban J connectivity index is 2.26. The average Bonchev–Trinajstić information content (AvgIpc) is 2.72. The first-order valence-corrected chi connectivity index (χ1v) is 7.53. The molecule has 0 aromatic rings. The molecule has 0 fully saturated rings. The first kappa shape index (κ1) is 14.4. The molecule has 0 saturated carbocycles. The molecule has 0 bridgehead atoms. The standard InChI is InChI=1S/C15H30N2/c1-4-7-8-9-10-11-15-16(6-3)13-14-17(15)12-5-2/h13-15H,4-12H2,1-3H3. The molecule has 0 N–H and O–H groups in total. The van der Waals surface area contributed by atoms with Crippen LogP contribution in [0.3, 0.4) is 0 Å². The van der Waals surface area contributed by atoms with Crippen LogP contribution in [0.4, 0.5) is 0 Å². The van der Waals surface area contributed by atoms with Crippen LogP contribution in [0.5, 0.6) is 0 Å². The minimum absolute atomic E-state index is 0.640. The molecule has 0 spiro atoms. The van der Waals surface area contributed by atoms with Crippen LogP contribution in [0.1, 0.15) is 65.7 Å². The van der Waals surface area contributed by atoms with Gasteiger partial charge in [-0.1, -0.05) is 39.5 Å². The van der Waals surface area contributed by atoms with Gasteiger partial charge in [0.25, 0.3) is 0 Å². The van der Waals surface area contributed by atoms with E-state index in [9.17, 15) is 0 Å². The molecule has 1 atom stereocenters. The molecule has 0 aromatic carbocycles. The number of hydrogen-bond acceptors (Lipinski definition) is 2. The van der Waals surface area contributed by atoms with Crippen LogP contribution in [0.2, 0.25) is 0 Å². The number of rotatable bonds is 9. The quantitative estimate of drug-likeness (QED) is 0.556. The monoisotopic (exact) mass is 238 g/mol. The fourth-order valence-corrected chi connectivity index (χ4v) is 2.62. The van der Waals surface area contributed by atoms with E-state index in [1.165, 1.54) is 51.5 Å². The van der Waals surface area contributed by atoms with E-state index >= 15 is 0 Å². The lowest BCUT2D eigenvalue weighted by Crippen LogP contribution is -2.38. The Morgan fingerprint density at radius 1 is 0.824 bits per heavy atom. The smallest absolute Gasteiger partial charge is 0.101 e. The predicted molar refractivity (Wildman–Crippen MR) is 75.7 cm³/mol. The number of unbranched alkanes of at least 4 members (excludes halogenated alkanes) is 4. The van der Waals surface area contributed by atoms with Crippen molar-refractivity contribution in [2.45, 2.75) is 71.9 Å². The van der Waals surface area contributed by atoms with Crippen LogP contribution in [-0.2, 0) is 0 Å². The van der Waals surface area contributed by atoms with Crippen LogP contribution < -0.4 is 0 Å². The van der Waals surface area contributed by atoms with Gasteiger partial charge in [-0.3, -0.25) is 0 Å². The fraction of sp³-hybridized carbons (Fsp3) is 0.867. The van der Waals surface area contributed by atoms with E-state index in [1.807, 2.05) is 0 Å². The third kappa shape index (κ3) is 4.61. The summed E-state index contributed by atoms with van der Waals surface area (Å²) in [6.07, 6.45) is 14.7. The normalized spacial score (nSPS) is 19.4. The minimum atomic E-state index is 0.640. The van der Waals surface area contributed by atoms with E-state index in [2.05, 4.69) is 43.0 Å². The molecule has 1 unspecified atom stereocenters. The Kier molecular flexibility index (Phi) is 7.14. The van der Waals surface area contributed by atoms with E-state index in [-0.39, 0.29) is 0 Å². The molecule has 1 rings (SSSR count). The molecule has 100 valence electrons. The Morgan fingerprint density at radius 3 is 2.18 bits per heavy atom. The molecule has 0 radical (unpaired) electrons. The Morgan fingerprint density at radius 2 is 1.53 bits per heavy atom. The van der Waals surface area contributed by atoms with Crippen molar-refractivity contribution in [3.05, 3.63) is 12.4 Å². The van der Waals surface area contributed by atoms with Crippen molar-refractivity contribution in [1.29, 1.82) is 0 Å². The Bertz CT molecular complexity index is 213. The van der Waals surface area contributed by atoms with Crippen molar-refractivity contribution in [2.75, 3.05) is 13.1 Å². The van der Waals surface area contributed by atoms with Gasteiger partial charge in [0.2, 0.25) is 0 Å². The number of hydrogen-bond donors (Lipinski definition) is 0. The lowest BCUT2D eigenvalue weighted by Gasteiger charge is -2.32. The van der Waals surface area contributed by atoms with Gasteiger partial charge >= 0.3 is 0 Å². The summed E-state index contributed by atoms with van der Waals surface area (Å²) in [6, 6.07) is 0. The van der Waals surface area contributed by atoms with E-state index in [4.69, 9.17) is 0 Å².